The summed E-state index contributed by atoms with van der Waals surface area (Å²) in [5.41, 5.74) is 2.92. The molecule has 0 bridgehead atoms. The first-order chi connectivity index (χ1) is 14.5. The monoisotopic (exact) mass is 409 g/mol. The number of nitrogens with zero attached hydrogens (tertiary/aromatic N) is 5. The second kappa shape index (κ2) is 9.87. The highest BCUT2D eigenvalue weighted by Gasteiger charge is 2.17. The summed E-state index contributed by atoms with van der Waals surface area (Å²) in [4.78, 5) is 15.9. The van der Waals surface area contributed by atoms with Crippen LogP contribution < -0.4 is 9.47 Å². The summed E-state index contributed by atoms with van der Waals surface area (Å²) in [5, 5.41) is 12.5. The van der Waals surface area contributed by atoms with E-state index in [0.717, 1.165) is 16.7 Å². The Kier molecular flexibility index (Phi) is 7.00. The predicted octanol–water partition coefficient (Wildman–Crippen LogP) is 3.10. The fourth-order valence-electron chi connectivity index (χ4n) is 3.14. The molecule has 0 aliphatic rings. The van der Waals surface area contributed by atoms with Crippen molar-refractivity contribution in [2.75, 3.05) is 20.3 Å². The molecule has 0 aliphatic carbocycles. The van der Waals surface area contributed by atoms with Crippen LogP contribution in [0.25, 0.3) is 11.4 Å². The van der Waals surface area contributed by atoms with Gasteiger partial charge in [-0.15, -0.1) is 10.2 Å². The molecule has 0 saturated heterocycles. The zero-order valence-corrected chi connectivity index (χ0v) is 17.8. The van der Waals surface area contributed by atoms with E-state index in [1.807, 2.05) is 63.2 Å². The maximum Gasteiger partial charge on any atom is 0.246 e. The van der Waals surface area contributed by atoms with E-state index in [9.17, 15) is 4.79 Å². The highest BCUT2D eigenvalue weighted by Crippen LogP contribution is 2.28. The minimum Gasteiger partial charge on any atom is -0.493 e. The van der Waals surface area contributed by atoms with Gasteiger partial charge in [0.15, 0.2) is 11.5 Å². The first-order valence-corrected chi connectivity index (χ1v) is 9.97. The van der Waals surface area contributed by atoms with Crippen molar-refractivity contribution < 1.29 is 14.3 Å². The van der Waals surface area contributed by atoms with Gasteiger partial charge in [0.2, 0.25) is 11.7 Å². The molecule has 0 spiro atoms. The van der Waals surface area contributed by atoms with Crippen molar-refractivity contribution >= 4 is 5.91 Å². The van der Waals surface area contributed by atoms with Gasteiger partial charge in [0.25, 0.3) is 0 Å². The first-order valence-electron chi connectivity index (χ1n) is 9.97. The lowest BCUT2D eigenvalue weighted by Crippen LogP contribution is -2.33. The largest absolute Gasteiger partial charge is 0.493 e. The molecule has 8 nitrogen and oxygen atoms in total. The van der Waals surface area contributed by atoms with E-state index in [1.54, 1.807) is 12.0 Å². The maximum absolute atomic E-state index is 12.8. The third kappa shape index (κ3) is 4.94. The molecule has 0 saturated carbocycles. The summed E-state index contributed by atoms with van der Waals surface area (Å²) in [6.07, 6.45) is 0. The molecule has 2 aromatic carbocycles. The smallest absolute Gasteiger partial charge is 0.246 e. The average Bonchev–Trinajstić information content (AvgIpc) is 3.21. The Morgan fingerprint density at radius 2 is 1.93 bits per heavy atom. The van der Waals surface area contributed by atoms with E-state index < -0.39 is 0 Å². The number of methoxy groups -OCH3 is 1. The van der Waals surface area contributed by atoms with Crippen molar-refractivity contribution in [3.05, 3.63) is 53.6 Å². The topological polar surface area (TPSA) is 82.4 Å². The predicted molar refractivity (Wildman–Crippen MR) is 113 cm³/mol. The van der Waals surface area contributed by atoms with Crippen LogP contribution >= 0.6 is 0 Å². The highest BCUT2D eigenvalue weighted by atomic mass is 16.5. The Balaban J connectivity index is 1.69. The zero-order chi connectivity index (χ0) is 21.5. The first kappa shape index (κ1) is 21.3. The standard InChI is InChI=1S/C22H27N5O3/c1-5-26(14-17-11-12-19(30-6-2)20(13-17)29-4)21(28)15-27-24-22(23-25-27)18-10-8-7-9-16(18)3/h7-13H,5-6,14-15H2,1-4H3. The van der Waals surface area contributed by atoms with Gasteiger partial charge in [-0.1, -0.05) is 30.3 Å². The van der Waals surface area contributed by atoms with E-state index >= 15 is 0 Å². The van der Waals surface area contributed by atoms with Gasteiger partial charge in [-0.2, -0.15) is 4.80 Å². The van der Waals surface area contributed by atoms with Gasteiger partial charge < -0.3 is 14.4 Å². The van der Waals surface area contributed by atoms with E-state index in [2.05, 4.69) is 15.4 Å². The molecule has 0 aliphatic heterocycles. The average molecular weight is 409 g/mol. The van der Waals surface area contributed by atoms with Crippen LogP contribution in [0, 0.1) is 6.92 Å². The SMILES string of the molecule is CCOc1ccc(CN(CC)C(=O)Cn2nnc(-c3ccccc3C)n2)cc1OC. The molecule has 0 N–H and O–H groups in total. The van der Waals surface area contributed by atoms with Gasteiger partial charge in [0.1, 0.15) is 6.54 Å². The lowest BCUT2D eigenvalue weighted by molar-refractivity contribution is -0.132. The Labute approximate surface area is 176 Å². The molecule has 1 amide bonds. The normalized spacial score (nSPS) is 10.7. The molecular formula is C22H27N5O3. The fourth-order valence-corrected chi connectivity index (χ4v) is 3.14. The molecule has 8 heteroatoms. The van der Waals surface area contributed by atoms with E-state index in [1.165, 1.54) is 4.80 Å². The summed E-state index contributed by atoms with van der Waals surface area (Å²) >= 11 is 0. The van der Waals surface area contributed by atoms with Crippen LogP contribution in [0.4, 0.5) is 0 Å². The number of ether oxygens (including phenoxy) is 2. The molecule has 3 aromatic rings. The number of carbonyl (C=O) groups is 1. The Bertz CT molecular complexity index is 1000. The molecule has 0 atom stereocenters. The molecule has 1 aromatic heterocycles. The lowest BCUT2D eigenvalue weighted by Gasteiger charge is -2.21. The van der Waals surface area contributed by atoms with Crippen molar-refractivity contribution in [3.63, 3.8) is 0 Å². The number of benzene rings is 2. The fraction of sp³-hybridized carbons (Fsp3) is 0.364. The van der Waals surface area contributed by atoms with Crippen molar-refractivity contribution in [2.24, 2.45) is 0 Å². The Morgan fingerprint density at radius 3 is 2.63 bits per heavy atom. The van der Waals surface area contributed by atoms with E-state index in [4.69, 9.17) is 9.47 Å². The summed E-state index contributed by atoms with van der Waals surface area (Å²) in [6, 6.07) is 13.5. The van der Waals surface area contributed by atoms with Gasteiger partial charge in [-0.05, 0) is 49.2 Å². The highest BCUT2D eigenvalue weighted by molar-refractivity contribution is 5.75. The van der Waals surface area contributed by atoms with Crippen molar-refractivity contribution in [2.45, 2.75) is 33.9 Å². The summed E-state index contributed by atoms with van der Waals surface area (Å²) in [6.45, 7) is 7.46. The number of amides is 1. The van der Waals surface area contributed by atoms with Crippen LogP contribution in [-0.4, -0.2) is 51.3 Å². The van der Waals surface area contributed by atoms with Crippen LogP contribution in [0.5, 0.6) is 11.5 Å². The summed E-state index contributed by atoms with van der Waals surface area (Å²) in [7, 11) is 1.60. The summed E-state index contributed by atoms with van der Waals surface area (Å²) in [5.74, 6) is 1.77. The number of carbonyl (C=O) groups excluding carboxylic acids is 1. The molecule has 0 radical (unpaired) electrons. The van der Waals surface area contributed by atoms with Crippen molar-refractivity contribution in [3.8, 4) is 22.9 Å². The van der Waals surface area contributed by atoms with Crippen LogP contribution in [0.3, 0.4) is 0 Å². The molecule has 158 valence electrons. The van der Waals surface area contributed by atoms with Crippen molar-refractivity contribution in [1.29, 1.82) is 0 Å². The quantitative estimate of drug-likeness (QED) is 0.540. The van der Waals surface area contributed by atoms with Gasteiger partial charge in [0.05, 0.1) is 13.7 Å². The lowest BCUT2D eigenvalue weighted by atomic mass is 10.1. The molecule has 1 heterocycles. The zero-order valence-electron chi connectivity index (χ0n) is 17.8. The maximum atomic E-state index is 12.8. The second-order valence-electron chi connectivity index (χ2n) is 6.78. The molecular weight excluding hydrogens is 382 g/mol. The minimum atomic E-state index is -0.0842. The summed E-state index contributed by atoms with van der Waals surface area (Å²) < 4.78 is 11.0. The third-order valence-electron chi connectivity index (χ3n) is 4.75. The van der Waals surface area contributed by atoms with Crippen LogP contribution in [-0.2, 0) is 17.9 Å². The van der Waals surface area contributed by atoms with Crippen LogP contribution in [0.15, 0.2) is 42.5 Å². The Morgan fingerprint density at radius 1 is 1.13 bits per heavy atom. The van der Waals surface area contributed by atoms with Crippen LogP contribution in [0.2, 0.25) is 0 Å². The third-order valence-corrected chi connectivity index (χ3v) is 4.75. The Hall–Kier alpha value is -3.42. The minimum absolute atomic E-state index is 0.0287. The number of hydrogen-bond acceptors (Lipinski definition) is 6. The van der Waals surface area contributed by atoms with E-state index in [-0.39, 0.29) is 12.5 Å². The van der Waals surface area contributed by atoms with Crippen molar-refractivity contribution in [1.82, 2.24) is 25.1 Å². The number of rotatable bonds is 9. The van der Waals surface area contributed by atoms with Gasteiger partial charge in [-0.25, -0.2) is 0 Å². The number of tetrazole rings is 1. The molecule has 0 fully saturated rings. The van der Waals surface area contributed by atoms with E-state index in [0.29, 0.717) is 37.0 Å². The molecule has 0 unspecified atom stereocenters. The van der Waals surface area contributed by atoms with Gasteiger partial charge >= 0.3 is 0 Å². The van der Waals surface area contributed by atoms with Gasteiger partial charge in [-0.3, -0.25) is 4.79 Å². The van der Waals surface area contributed by atoms with Crippen LogP contribution in [0.1, 0.15) is 25.0 Å². The number of aryl methyl sites for hydroxylation is 1. The number of likely N-dealkylation sites (N-methyl/N-ethyl adjacent to an activating group) is 1. The molecule has 30 heavy (non-hydrogen) atoms. The molecule has 3 rings (SSSR count). The number of aromatic nitrogens is 4. The van der Waals surface area contributed by atoms with Gasteiger partial charge in [0, 0.05) is 18.7 Å². The number of hydrogen-bond donors (Lipinski definition) is 0. The second-order valence-corrected chi connectivity index (χ2v) is 6.78.